The van der Waals surface area contributed by atoms with Gasteiger partial charge in [0.05, 0.1) is 70.9 Å². The lowest BCUT2D eigenvalue weighted by atomic mass is 9.78. The van der Waals surface area contributed by atoms with Gasteiger partial charge in [-0.25, -0.2) is 4.79 Å². The van der Waals surface area contributed by atoms with Crippen molar-refractivity contribution < 1.29 is 43.1 Å². The second-order valence-electron chi connectivity index (χ2n) is 11.1. The van der Waals surface area contributed by atoms with E-state index in [-0.39, 0.29) is 30.2 Å². The largest absolute Gasteiger partial charge is 0.484 e. The van der Waals surface area contributed by atoms with Crippen LogP contribution in [0.2, 0.25) is 0 Å². The first-order chi connectivity index (χ1) is 22.7. The van der Waals surface area contributed by atoms with Crippen LogP contribution >= 0.6 is 0 Å². The molecule has 12 nitrogen and oxygen atoms in total. The molecular formula is C35H45N3O9. The molecule has 254 valence electrons. The maximum Gasteiger partial charge on any atom is 0.336 e. The van der Waals surface area contributed by atoms with Crippen molar-refractivity contribution in [2.75, 3.05) is 72.6 Å². The van der Waals surface area contributed by atoms with Crippen molar-refractivity contribution in [3.05, 3.63) is 87.4 Å². The first kappa shape index (κ1) is 35.8. The molecule has 12 heteroatoms. The number of fused-ring (bicyclic) bond motifs is 1. The summed E-state index contributed by atoms with van der Waals surface area (Å²) in [6.45, 7) is 10.7. The molecular weight excluding hydrogens is 606 g/mol. The number of carboxylic acid groups (broad SMARTS) is 1. The number of nitrogens with one attached hydrogen (secondary N) is 2. The van der Waals surface area contributed by atoms with Crippen LogP contribution in [0.4, 0.5) is 0 Å². The number of amides is 1. The number of rotatable bonds is 19. The Morgan fingerprint density at radius 3 is 2.15 bits per heavy atom. The predicted octanol–water partition coefficient (Wildman–Crippen LogP) is 3.65. The van der Waals surface area contributed by atoms with Gasteiger partial charge in [0.1, 0.15) is 11.9 Å². The average molecular weight is 652 g/mol. The van der Waals surface area contributed by atoms with Gasteiger partial charge in [-0.05, 0) is 62.3 Å². The van der Waals surface area contributed by atoms with E-state index in [9.17, 15) is 14.7 Å². The number of hydrogen-bond acceptors (Lipinski definition) is 10. The van der Waals surface area contributed by atoms with Crippen molar-refractivity contribution in [1.29, 1.82) is 5.41 Å². The lowest BCUT2D eigenvalue weighted by molar-refractivity contribution is -0.00992. The predicted molar refractivity (Wildman–Crippen MR) is 176 cm³/mol. The molecule has 1 aromatic rings. The molecule has 0 bridgehead atoms. The molecule has 2 aliphatic carbocycles. The highest BCUT2D eigenvalue weighted by Gasteiger charge is 2.37. The highest BCUT2D eigenvalue weighted by Crippen LogP contribution is 2.46. The van der Waals surface area contributed by atoms with E-state index in [4.69, 9.17) is 39.6 Å². The minimum Gasteiger partial charge on any atom is -0.484 e. The lowest BCUT2D eigenvalue weighted by Crippen LogP contribution is -2.32. The normalized spacial score (nSPS) is 18.7. The Hall–Kier alpha value is -4.07. The topological polar surface area (TPSA) is 172 Å². The van der Waals surface area contributed by atoms with E-state index in [1.807, 2.05) is 26.8 Å². The molecule has 4 rings (SSSR count). The van der Waals surface area contributed by atoms with E-state index in [2.05, 4.69) is 5.32 Å². The van der Waals surface area contributed by atoms with Crippen LogP contribution in [0.3, 0.4) is 0 Å². The van der Waals surface area contributed by atoms with Gasteiger partial charge in [-0.1, -0.05) is 12.1 Å². The molecule has 0 saturated carbocycles. The highest BCUT2D eigenvalue weighted by molar-refractivity contribution is 6.06. The summed E-state index contributed by atoms with van der Waals surface area (Å²) in [5.41, 5.74) is 10.8. The van der Waals surface area contributed by atoms with Gasteiger partial charge in [-0.3, -0.25) is 4.79 Å². The summed E-state index contributed by atoms with van der Waals surface area (Å²) in [5, 5.41) is 21.4. The number of carbonyl (C=O) groups is 2. The number of carbonyl (C=O) groups excluding carboxylic acids is 1. The smallest absolute Gasteiger partial charge is 0.336 e. The minimum atomic E-state index is -1.17. The number of allylic oxidation sites excluding steroid dienone is 6. The average Bonchev–Trinajstić information content (AvgIpc) is 3.07. The maximum absolute atomic E-state index is 12.9. The highest BCUT2D eigenvalue weighted by atomic mass is 16.6. The summed E-state index contributed by atoms with van der Waals surface area (Å²) in [6, 6.07) is 4.65. The van der Waals surface area contributed by atoms with E-state index in [0.717, 1.165) is 11.1 Å². The van der Waals surface area contributed by atoms with E-state index in [0.29, 0.717) is 93.3 Å². The Bertz CT molecular complexity index is 1470. The van der Waals surface area contributed by atoms with Crippen LogP contribution in [0.15, 0.2) is 70.7 Å². The molecule has 0 saturated heterocycles. The monoisotopic (exact) mass is 651 g/mol. The Kier molecular flexibility index (Phi) is 13.5. The first-order valence-electron chi connectivity index (χ1n) is 15.8. The number of aromatic carboxylic acids is 1. The summed E-state index contributed by atoms with van der Waals surface area (Å²) in [4.78, 5) is 25.5. The molecule has 47 heavy (non-hydrogen) atoms. The SMILES string of the molecule is CCOCCOCCOCCOCCOCCNC(=O)c1ccc(C2=C3C=CC(N)=C(C)C3OC3=C2C=CC(=N)C3C)c(C(=O)O)c1. The molecule has 2 atom stereocenters. The number of hydrogen-bond donors (Lipinski definition) is 4. The van der Waals surface area contributed by atoms with Gasteiger partial charge in [0.2, 0.25) is 0 Å². The Labute approximate surface area is 275 Å². The van der Waals surface area contributed by atoms with E-state index < -0.39 is 18.0 Å². The molecule has 5 N–H and O–H groups in total. The molecule has 0 fully saturated rings. The number of nitrogens with two attached hydrogens (primary N) is 1. The van der Waals surface area contributed by atoms with Gasteiger partial charge in [0.15, 0.2) is 0 Å². The summed E-state index contributed by atoms with van der Waals surface area (Å²) in [7, 11) is 0. The molecule has 3 aliphatic rings. The van der Waals surface area contributed by atoms with Crippen LogP contribution in [0.1, 0.15) is 47.1 Å². The maximum atomic E-state index is 12.9. The second kappa shape index (κ2) is 17.7. The number of carboxylic acids is 1. The third-order valence-corrected chi connectivity index (χ3v) is 7.94. The van der Waals surface area contributed by atoms with Crippen molar-refractivity contribution in [3.8, 4) is 0 Å². The third-order valence-electron chi connectivity index (χ3n) is 7.94. The van der Waals surface area contributed by atoms with Crippen LogP contribution < -0.4 is 11.1 Å². The molecule has 1 heterocycles. The quantitative estimate of drug-likeness (QED) is 0.162. The van der Waals surface area contributed by atoms with Crippen LogP contribution in [-0.2, 0) is 28.4 Å². The lowest BCUT2D eigenvalue weighted by Gasteiger charge is -2.37. The van der Waals surface area contributed by atoms with Crippen molar-refractivity contribution >= 4 is 23.2 Å². The minimum absolute atomic E-state index is 0.0191. The van der Waals surface area contributed by atoms with Gasteiger partial charge in [-0.15, -0.1) is 0 Å². The number of benzene rings is 1. The van der Waals surface area contributed by atoms with Crippen molar-refractivity contribution in [1.82, 2.24) is 5.32 Å². The Balaban J connectivity index is 1.29. The van der Waals surface area contributed by atoms with Gasteiger partial charge in [0, 0.05) is 46.8 Å². The summed E-state index contributed by atoms with van der Waals surface area (Å²) in [6.07, 6.45) is 6.60. The van der Waals surface area contributed by atoms with Gasteiger partial charge in [-0.2, -0.15) is 0 Å². The standard InChI is InChI=1S/C35H45N3O9/c1-4-42-13-14-44-17-18-46-20-19-45-16-15-43-12-11-38-34(39)24-5-6-25(28(21-24)35(40)41)31-26-7-9-29(36)22(2)32(26)47-33-23(3)30(37)10-8-27(31)33/h5-10,21-22,33,36H,4,11-20,37H2,1-3H3,(H,38,39)(H,40,41). The molecule has 0 aromatic heterocycles. The summed E-state index contributed by atoms with van der Waals surface area (Å²) < 4.78 is 33.4. The van der Waals surface area contributed by atoms with Crippen LogP contribution in [0.5, 0.6) is 0 Å². The summed E-state index contributed by atoms with van der Waals surface area (Å²) in [5.74, 6) is -1.31. The van der Waals surface area contributed by atoms with E-state index >= 15 is 0 Å². The van der Waals surface area contributed by atoms with Crippen LogP contribution in [0.25, 0.3) is 5.57 Å². The fourth-order valence-electron chi connectivity index (χ4n) is 5.32. The van der Waals surface area contributed by atoms with Crippen molar-refractivity contribution in [2.45, 2.75) is 26.9 Å². The Morgan fingerprint density at radius 2 is 1.53 bits per heavy atom. The molecule has 0 spiro atoms. The second-order valence-corrected chi connectivity index (χ2v) is 11.1. The third kappa shape index (κ3) is 9.27. The zero-order valence-electron chi connectivity index (χ0n) is 27.3. The number of ether oxygens (including phenoxy) is 6. The molecule has 0 radical (unpaired) electrons. The fraction of sp³-hybridized carbons (Fsp3) is 0.457. The van der Waals surface area contributed by atoms with Crippen LogP contribution in [0, 0.1) is 11.3 Å². The zero-order chi connectivity index (χ0) is 33.8. The summed E-state index contributed by atoms with van der Waals surface area (Å²) >= 11 is 0. The van der Waals surface area contributed by atoms with E-state index in [1.165, 1.54) is 6.07 Å². The fourth-order valence-corrected chi connectivity index (χ4v) is 5.32. The van der Waals surface area contributed by atoms with Gasteiger partial charge in [0.25, 0.3) is 5.91 Å². The van der Waals surface area contributed by atoms with Crippen molar-refractivity contribution in [2.24, 2.45) is 11.7 Å². The first-order valence-corrected chi connectivity index (χ1v) is 15.8. The molecule has 1 aromatic carbocycles. The van der Waals surface area contributed by atoms with Crippen LogP contribution in [-0.4, -0.2) is 101 Å². The zero-order valence-corrected chi connectivity index (χ0v) is 27.3. The van der Waals surface area contributed by atoms with E-state index in [1.54, 1.807) is 30.4 Å². The molecule has 1 aliphatic heterocycles. The Morgan fingerprint density at radius 1 is 0.915 bits per heavy atom. The van der Waals surface area contributed by atoms with Gasteiger partial charge >= 0.3 is 5.97 Å². The van der Waals surface area contributed by atoms with Crippen molar-refractivity contribution in [3.63, 3.8) is 0 Å². The van der Waals surface area contributed by atoms with Gasteiger partial charge < -0.3 is 50.0 Å². The molecule has 1 amide bonds. The molecule has 2 unspecified atom stereocenters.